The zero-order chi connectivity index (χ0) is 17.2. The predicted octanol–water partition coefficient (Wildman–Crippen LogP) is 3.72. The number of hydrogen-bond acceptors (Lipinski definition) is 4. The van der Waals surface area contributed by atoms with Crippen molar-refractivity contribution >= 4 is 17.2 Å². The molecule has 1 aliphatic rings. The molecule has 1 aliphatic heterocycles. The van der Waals surface area contributed by atoms with Gasteiger partial charge in [-0.15, -0.1) is 11.3 Å². The second-order valence-corrected chi connectivity index (χ2v) is 7.99. The number of likely N-dealkylation sites (tertiary alicyclic amines) is 1. The summed E-state index contributed by atoms with van der Waals surface area (Å²) < 4.78 is 0. The normalized spacial score (nSPS) is 15.6. The summed E-state index contributed by atoms with van der Waals surface area (Å²) in [5.41, 5.74) is 1.85. The van der Waals surface area contributed by atoms with Crippen LogP contribution in [0.4, 0.5) is 0 Å². The Morgan fingerprint density at radius 3 is 2.58 bits per heavy atom. The summed E-state index contributed by atoms with van der Waals surface area (Å²) in [6, 6.07) is 10.0. The van der Waals surface area contributed by atoms with Gasteiger partial charge in [-0.1, -0.05) is 30.3 Å². The number of amides is 1. The molecule has 0 saturated carbocycles. The van der Waals surface area contributed by atoms with E-state index in [-0.39, 0.29) is 11.4 Å². The number of nitrogens with zero attached hydrogens (tertiary/aromatic N) is 2. The minimum absolute atomic E-state index is 0.00693. The van der Waals surface area contributed by atoms with Crippen LogP contribution in [-0.4, -0.2) is 41.0 Å². The molecule has 1 saturated heterocycles. The Labute approximate surface area is 147 Å². The average Bonchev–Trinajstić information content (AvgIpc) is 3.24. The van der Waals surface area contributed by atoms with Crippen LogP contribution in [0.5, 0.6) is 0 Å². The van der Waals surface area contributed by atoms with Crippen molar-refractivity contribution in [2.75, 3.05) is 19.6 Å². The van der Waals surface area contributed by atoms with Crippen molar-refractivity contribution in [3.05, 3.63) is 40.9 Å². The second-order valence-electron chi connectivity index (χ2n) is 6.99. The summed E-state index contributed by atoms with van der Waals surface area (Å²) in [5.74, 6) is -0.0144. The number of rotatable bonds is 5. The first-order chi connectivity index (χ1) is 11.5. The van der Waals surface area contributed by atoms with Gasteiger partial charge in [-0.2, -0.15) is 0 Å². The van der Waals surface area contributed by atoms with Crippen LogP contribution >= 0.6 is 11.3 Å². The molecule has 1 fully saturated rings. The van der Waals surface area contributed by atoms with E-state index in [1.807, 2.05) is 37.3 Å². The van der Waals surface area contributed by atoms with E-state index in [0.29, 0.717) is 11.4 Å². The van der Waals surface area contributed by atoms with Crippen molar-refractivity contribution in [2.24, 2.45) is 0 Å². The van der Waals surface area contributed by atoms with Gasteiger partial charge < -0.3 is 5.32 Å². The number of carbonyl (C=O) groups is 1. The molecule has 0 spiro atoms. The molecule has 0 bridgehead atoms. The maximum atomic E-state index is 12.6. The third kappa shape index (κ3) is 3.68. The molecule has 1 aromatic carbocycles. The molecular weight excluding hydrogens is 318 g/mol. The van der Waals surface area contributed by atoms with E-state index >= 15 is 0 Å². The minimum Gasteiger partial charge on any atom is -0.349 e. The number of aryl methyl sites for hydroxylation is 1. The zero-order valence-electron chi connectivity index (χ0n) is 14.6. The van der Waals surface area contributed by atoms with E-state index in [1.165, 1.54) is 24.2 Å². The molecule has 3 rings (SSSR count). The molecule has 0 aliphatic carbocycles. The Hall–Kier alpha value is -1.72. The number of thiazole rings is 1. The maximum absolute atomic E-state index is 12.6. The lowest BCUT2D eigenvalue weighted by Crippen LogP contribution is -2.50. The van der Waals surface area contributed by atoms with Gasteiger partial charge in [-0.05, 0) is 46.7 Å². The Morgan fingerprint density at radius 2 is 1.92 bits per heavy atom. The van der Waals surface area contributed by atoms with Crippen molar-refractivity contribution in [1.82, 2.24) is 15.2 Å². The van der Waals surface area contributed by atoms with Crippen LogP contribution in [0.1, 0.15) is 42.1 Å². The lowest BCUT2D eigenvalue weighted by atomic mass is 10.0. The summed E-state index contributed by atoms with van der Waals surface area (Å²) in [5, 5.41) is 4.01. The van der Waals surface area contributed by atoms with Crippen molar-refractivity contribution in [3.8, 4) is 10.6 Å². The Balaban J connectivity index is 1.68. The van der Waals surface area contributed by atoms with Gasteiger partial charge in [0.25, 0.3) is 5.91 Å². The molecule has 1 aromatic heterocycles. The van der Waals surface area contributed by atoms with Crippen LogP contribution in [0.2, 0.25) is 0 Å². The topological polar surface area (TPSA) is 45.2 Å². The molecule has 24 heavy (non-hydrogen) atoms. The van der Waals surface area contributed by atoms with Crippen molar-refractivity contribution < 1.29 is 4.79 Å². The van der Waals surface area contributed by atoms with Crippen molar-refractivity contribution in [3.63, 3.8) is 0 Å². The summed E-state index contributed by atoms with van der Waals surface area (Å²) in [6.07, 6.45) is 2.51. The molecular formula is C19H25N3OS. The molecule has 128 valence electrons. The van der Waals surface area contributed by atoms with Crippen LogP contribution < -0.4 is 5.32 Å². The largest absolute Gasteiger partial charge is 0.349 e. The third-order valence-electron chi connectivity index (χ3n) is 4.67. The van der Waals surface area contributed by atoms with Gasteiger partial charge in [0, 0.05) is 17.6 Å². The van der Waals surface area contributed by atoms with Gasteiger partial charge in [0.2, 0.25) is 0 Å². The molecule has 1 amide bonds. The summed E-state index contributed by atoms with van der Waals surface area (Å²) in [4.78, 5) is 20.4. The first kappa shape index (κ1) is 17.1. The highest BCUT2D eigenvalue weighted by molar-refractivity contribution is 7.17. The minimum atomic E-state index is -0.0144. The van der Waals surface area contributed by atoms with E-state index in [9.17, 15) is 4.79 Å². The van der Waals surface area contributed by atoms with Crippen LogP contribution in [-0.2, 0) is 0 Å². The fourth-order valence-electron chi connectivity index (χ4n) is 3.12. The van der Waals surface area contributed by atoms with Crippen LogP contribution in [0.3, 0.4) is 0 Å². The van der Waals surface area contributed by atoms with E-state index in [2.05, 4.69) is 29.0 Å². The highest BCUT2D eigenvalue weighted by Gasteiger charge is 2.29. The highest BCUT2D eigenvalue weighted by atomic mass is 32.1. The summed E-state index contributed by atoms with van der Waals surface area (Å²) in [7, 11) is 0. The quantitative estimate of drug-likeness (QED) is 0.900. The van der Waals surface area contributed by atoms with Gasteiger partial charge in [0.15, 0.2) is 0 Å². The summed E-state index contributed by atoms with van der Waals surface area (Å²) in [6.45, 7) is 9.22. The fourth-order valence-corrected chi connectivity index (χ4v) is 4.11. The first-order valence-corrected chi connectivity index (χ1v) is 9.35. The monoisotopic (exact) mass is 343 g/mol. The molecule has 0 unspecified atom stereocenters. The zero-order valence-corrected chi connectivity index (χ0v) is 15.4. The summed E-state index contributed by atoms with van der Waals surface area (Å²) >= 11 is 1.47. The molecule has 1 N–H and O–H groups in total. The standard InChI is InChI=1S/C19H25N3OS/c1-14-16(24-18(21-14)15-9-5-4-6-10-15)17(23)20-13-19(2,3)22-11-7-8-12-22/h4-6,9-10H,7-8,11-13H2,1-3H3,(H,20,23). The van der Waals surface area contributed by atoms with Gasteiger partial charge in [-0.25, -0.2) is 4.98 Å². The number of benzene rings is 1. The number of hydrogen-bond donors (Lipinski definition) is 1. The molecule has 5 heteroatoms. The molecule has 0 atom stereocenters. The first-order valence-electron chi connectivity index (χ1n) is 8.53. The SMILES string of the molecule is Cc1nc(-c2ccccc2)sc1C(=O)NCC(C)(C)N1CCCC1. The Bertz CT molecular complexity index is 703. The fraction of sp³-hybridized carbons (Fsp3) is 0.474. The molecule has 4 nitrogen and oxygen atoms in total. The molecule has 2 heterocycles. The van der Waals surface area contributed by atoms with Gasteiger partial charge in [0.05, 0.1) is 5.69 Å². The van der Waals surface area contributed by atoms with E-state index in [4.69, 9.17) is 0 Å². The van der Waals surface area contributed by atoms with Crippen molar-refractivity contribution in [1.29, 1.82) is 0 Å². The molecule has 2 aromatic rings. The highest BCUT2D eigenvalue weighted by Crippen LogP contribution is 2.28. The van der Waals surface area contributed by atoms with Gasteiger partial charge in [0.1, 0.15) is 9.88 Å². The van der Waals surface area contributed by atoms with E-state index < -0.39 is 0 Å². The third-order valence-corrected chi connectivity index (χ3v) is 5.87. The second kappa shape index (κ2) is 7.03. The number of nitrogens with one attached hydrogen (secondary N) is 1. The maximum Gasteiger partial charge on any atom is 0.263 e. The Kier molecular flexibility index (Phi) is 5.01. The number of carbonyl (C=O) groups excluding carboxylic acids is 1. The lowest BCUT2D eigenvalue weighted by molar-refractivity contribution is 0.0905. The van der Waals surface area contributed by atoms with E-state index in [0.717, 1.165) is 29.4 Å². The van der Waals surface area contributed by atoms with Crippen LogP contribution in [0.15, 0.2) is 30.3 Å². The Morgan fingerprint density at radius 1 is 1.25 bits per heavy atom. The van der Waals surface area contributed by atoms with Gasteiger partial charge >= 0.3 is 0 Å². The van der Waals surface area contributed by atoms with Gasteiger partial charge in [-0.3, -0.25) is 9.69 Å². The average molecular weight is 343 g/mol. The lowest BCUT2D eigenvalue weighted by Gasteiger charge is -2.35. The number of aromatic nitrogens is 1. The molecule has 0 radical (unpaired) electrons. The van der Waals surface area contributed by atoms with Crippen LogP contribution in [0, 0.1) is 6.92 Å². The predicted molar refractivity (Wildman–Crippen MR) is 99.5 cm³/mol. The smallest absolute Gasteiger partial charge is 0.263 e. The van der Waals surface area contributed by atoms with Crippen molar-refractivity contribution in [2.45, 2.75) is 39.2 Å². The van der Waals surface area contributed by atoms with Crippen LogP contribution in [0.25, 0.3) is 10.6 Å². The van der Waals surface area contributed by atoms with E-state index in [1.54, 1.807) is 0 Å².